The summed E-state index contributed by atoms with van der Waals surface area (Å²) in [6.45, 7) is 8.05. The molecule has 8 rings (SSSR count). The van der Waals surface area contributed by atoms with Gasteiger partial charge in [-0.3, -0.25) is 16.7 Å². The van der Waals surface area contributed by atoms with Crippen molar-refractivity contribution in [3.05, 3.63) is 134 Å². The highest BCUT2D eigenvalue weighted by atomic mass is 31.1. The van der Waals surface area contributed by atoms with Gasteiger partial charge in [0.2, 0.25) is 16.2 Å². The SMILES string of the molecule is C=Cc1ccc(Op2n3cccc3c3cccn32)c(-c2cc(C=C)ccc2Op2n3cccc3c3cccn32)c1. The van der Waals surface area contributed by atoms with E-state index in [2.05, 4.69) is 115 Å². The Bertz CT molecular complexity index is 1980. The van der Waals surface area contributed by atoms with Gasteiger partial charge < -0.3 is 9.05 Å². The lowest BCUT2D eigenvalue weighted by Gasteiger charge is -2.17. The predicted molar refractivity (Wildman–Crippen MR) is 166 cm³/mol. The molecule has 0 radical (unpaired) electrons. The Morgan fingerprint density at radius 1 is 0.500 bits per heavy atom. The van der Waals surface area contributed by atoms with Crippen molar-refractivity contribution in [3.8, 4) is 22.6 Å². The van der Waals surface area contributed by atoms with E-state index in [4.69, 9.17) is 9.05 Å². The maximum Gasteiger partial charge on any atom is 0.244 e. The lowest BCUT2D eigenvalue weighted by molar-refractivity contribution is 0.610. The summed E-state index contributed by atoms with van der Waals surface area (Å²) in [5.74, 6) is 1.57. The van der Waals surface area contributed by atoms with Gasteiger partial charge in [-0.15, -0.1) is 0 Å². The molecule has 0 atom stereocenters. The van der Waals surface area contributed by atoms with Gasteiger partial charge in [0.05, 0.1) is 22.1 Å². The molecule has 8 heteroatoms. The molecule has 0 aliphatic rings. The standard InChI is InChI=1S/C32H24N4O2P2/c1-3-23-13-15-31(37-39-33-17-5-9-27(33)28-10-6-18-34(28)39)25(21-23)26-22-24(4-2)14-16-32(26)38-40-35-19-7-11-29(35)30-12-8-20-36(30)40/h3-22H,1-2H2. The number of aromatic nitrogens is 4. The number of hydrogen-bond acceptors (Lipinski definition) is 2. The zero-order valence-corrected chi connectivity index (χ0v) is 23.2. The number of benzene rings is 2. The first-order valence-electron chi connectivity index (χ1n) is 12.9. The average Bonchev–Trinajstić information content (AvgIpc) is 3.81. The van der Waals surface area contributed by atoms with Crippen LogP contribution >= 0.6 is 16.2 Å². The van der Waals surface area contributed by atoms with Crippen molar-refractivity contribution in [2.75, 3.05) is 0 Å². The zero-order chi connectivity index (χ0) is 26.8. The maximum atomic E-state index is 6.89. The minimum atomic E-state index is -1.15. The molecule has 2 aromatic carbocycles. The summed E-state index contributed by atoms with van der Waals surface area (Å²) in [5.41, 5.74) is 8.54. The van der Waals surface area contributed by atoms with E-state index in [0.29, 0.717) is 0 Å². The summed E-state index contributed by atoms with van der Waals surface area (Å²) >= 11 is 0. The summed E-state index contributed by atoms with van der Waals surface area (Å²) < 4.78 is 22.6. The van der Waals surface area contributed by atoms with E-state index in [1.807, 2.05) is 36.4 Å². The van der Waals surface area contributed by atoms with E-state index in [1.54, 1.807) is 0 Å². The molecule has 0 aliphatic carbocycles. The first-order chi connectivity index (χ1) is 19.7. The first kappa shape index (κ1) is 23.2. The molecule has 6 heterocycles. The molecule has 0 bridgehead atoms. The fraction of sp³-hybridized carbons (Fsp3) is 0. The summed E-state index contributed by atoms with van der Waals surface area (Å²) in [6.07, 6.45) is 12.1. The van der Waals surface area contributed by atoms with Crippen LogP contribution in [0.3, 0.4) is 0 Å². The molecule has 6 aromatic heterocycles. The average molecular weight is 559 g/mol. The molecular weight excluding hydrogens is 534 g/mol. The predicted octanol–water partition coefficient (Wildman–Crippen LogP) is 9.31. The first-order valence-corrected chi connectivity index (χ1v) is 15.3. The number of rotatable bonds is 7. The molecule has 0 aliphatic heterocycles. The molecule has 40 heavy (non-hydrogen) atoms. The van der Waals surface area contributed by atoms with Crippen LogP contribution in [0.5, 0.6) is 11.5 Å². The van der Waals surface area contributed by atoms with Crippen LogP contribution in [0.1, 0.15) is 11.1 Å². The van der Waals surface area contributed by atoms with E-state index in [9.17, 15) is 0 Å². The minimum absolute atomic E-state index is 0.784. The molecule has 0 spiro atoms. The van der Waals surface area contributed by atoms with E-state index in [1.165, 1.54) is 0 Å². The lowest BCUT2D eigenvalue weighted by atomic mass is 9.99. The Hall–Kier alpha value is -4.76. The third-order valence-electron chi connectivity index (χ3n) is 7.30. The highest BCUT2D eigenvalue weighted by Crippen LogP contribution is 2.46. The van der Waals surface area contributed by atoms with Gasteiger partial charge in [0, 0.05) is 35.9 Å². The topological polar surface area (TPSA) is 36.1 Å². The third-order valence-corrected chi connectivity index (χ3v) is 10.9. The Kier molecular flexibility index (Phi) is 5.15. The molecule has 0 amide bonds. The van der Waals surface area contributed by atoms with E-state index >= 15 is 0 Å². The second kappa shape index (κ2) is 8.89. The van der Waals surface area contributed by atoms with E-state index < -0.39 is 16.2 Å². The van der Waals surface area contributed by atoms with Gasteiger partial charge in [-0.25, -0.2) is 0 Å². The quantitative estimate of drug-likeness (QED) is 0.195. The third kappa shape index (κ3) is 3.37. The zero-order valence-electron chi connectivity index (χ0n) is 21.5. The highest BCUT2D eigenvalue weighted by molar-refractivity contribution is 7.38. The molecule has 8 aromatic rings. The van der Waals surface area contributed by atoms with Gasteiger partial charge in [0.25, 0.3) is 0 Å². The molecule has 194 valence electrons. The fourth-order valence-corrected chi connectivity index (χ4v) is 9.00. The van der Waals surface area contributed by atoms with Gasteiger partial charge >= 0.3 is 0 Å². The number of nitrogens with zero attached hydrogens (tertiary/aromatic N) is 4. The van der Waals surface area contributed by atoms with Crippen LogP contribution in [0.15, 0.2) is 123 Å². The Morgan fingerprint density at radius 2 is 0.850 bits per heavy atom. The summed E-state index contributed by atoms with van der Waals surface area (Å²) in [4.78, 5) is 0. The summed E-state index contributed by atoms with van der Waals surface area (Å²) in [7, 11) is -2.30. The largest absolute Gasteiger partial charge is 0.416 e. The van der Waals surface area contributed by atoms with E-state index in [-0.39, 0.29) is 0 Å². The smallest absolute Gasteiger partial charge is 0.244 e. The van der Waals surface area contributed by atoms with Crippen molar-refractivity contribution in [3.63, 3.8) is 0 Å². The van der Waals surface area contributed by atoms with Crippen molar-refractivity contribution in [2.24, 2.45) is 0 Å². The van der Waals surface area contributed by atoms with Gasteiger partial charge in [-0.2, -0.15) is 0 Å². The molecule has 0 unspecified atom stereocenters. The molecule has 0 fully saturated rings. The molecule has 0 saturated heterocycles. The number of hydrogen-bond donors (Lipinski definition) is 0. The second-order valence-electron chi connectivity index (χ2n) is 9.56. The van der Waals surface area contributed by atoms with Gasteiger partial charge in [0.15, 0.2) is 0 Å². The fourth-order valence-electron chi connectivity index (χ4n) is 5.39. The van der Waals surface area contributed by atoms with Crippen LogP contribution in [0.25, 0.3) is 45.3 Å². The molecule has 0 N–H and O–H groups in total. The second-order valence-corrected chi connectivity index (χ2v) is 12.7. The van der Waals surface area contributed by atoms with Crippen molar-refractivity contribution in [1.29, 1.82) is 0 Å². The van der Waals surface area contributed by atoms with E-state index in [0.717, 1.165) is 55.8 Å². The molecular formula is C32H24N4O2P2. The van der Waals surface area contributed by atoms with Crippen LogP contribution in [0.2, 0.25) is 0 Å². The monoisotopic (exact) mass is 558 g/mol. The Labute approximate surface area is 232 Å². The number of fused-ring (bicyclic) bond motifs is 6. The van der Waals surface area contributed by atoms with Crippen LogP contribution < -0.4 is 9.05 Å². The van der Waals surface area contributed by atoms with Crippen molar-refractivity contribution in [1.82, 2.24) is 16.7 Å². The summed E-state index contributed by atoms with van der Waals surface area (Å²) in [5, 5.41) is 0. The lowest BCUT2D eigenvalue weighted by Crippen LogP contribution is -1.95. The normalized spacial score (nSPS) is 11.7. The van der Waals surface area contributed by atoms with Gasteiger partial charge in [-0.05, 0) is 83.9 Å². The van der Waals surface area contributed by atoms with Crippen LogP contribution in [-0.4, -0.2) is 16.7 Å². The van der Waals surface area contributed by atoms with Crippen molar-refractivity contribution >= 4 is 50.4 Å². The Balaban J connectivity index is 1.32. The molecule has 6 nitrogen and oxygen atoms in total. The summed E-state index contributed by atoms with van der Waals surface area (Å²) in [6, 6.07) is 29.2. The van der Waals surface area contributed by atoms with Crippen LogP contribution in [0.4, 0.5) is 0 Å². The highest BCUT2D eigenvalue weighted by Gasteiger charge is 2.20. The van der Waals surface area contributed by atoms with Crippen LogP contribution in [-0.2, 0) is 0 Å². The van der Waals surface area contributed by atoms with Crippen molar-refractivity contribution < 1.29 is 9.05 Å². The Morgan fingerprint density at radius 3 is 1.18 bits per heavy atom. The van der Waals surface area contributed by atoms with Gasteiger partial charge in [-0.1, -0.05) is 37.4 Å². The van der Waals surface area contributed by atoms with Crippen LogP contribution in [0, 0.1) is 0 Å². The van der Waals surface area contributed by atoms with Crippen molar-refractivity contribution in [2.45, 2.75) is 0 Å². The molecule has 0 saturated carbocycles. The minimum Gasteiger partial charge on any atom is -0.416 e. The maximum absolute atomic E-state index is 6.89. The van der Waals surface area contributed by atoms with Gasteiger partial charge in [0.1, 0.15) is 11.5 Å².